The van der Waals surface area contributed by atoms with Crippen molar-refractivity contribution in [1.82, 2.24) is 20.1 Å². The van der Waals surface area contributed by atoms with Crippen LogP contribution < -0.4 is 5.32 Å². The van der Waals surface area contributed by atoms with Crippen LogP contribution in [0.5, 0.6) is 0 Å². The maximum absolute atomic E-state index is 12.3. The number of nitrogens with one attached hydrogen (secondary N) is 1. The van der Waals surface area contributed by atoms with E-state index in [0.717, 1.165) is 18.4 Å². The molecular weight excluding hydrogens is 348 g/mol. The normalized spacial score (nSPS) is 15.0. The molecule has 1 N–H and O–H groups in total. The molecule has 1 aliphatic carbocycles. The fraction of sp³-hybridized carbons (Fsp3) is 0.316. The van der Waals surface area contributed by atoms with Crippen molar-refractivity contribution in [2.24, 2.45) is 0 Å². The predicted octanol–water partition coefficient (Wildman–Crippen LogP) is 3.35. The molecule has 0 radical (unpaired) electrons. The van der Waals surface area contributed by atoms with Gasteiger partial charge in [0, 0.05) is 6.04 Å². The molecule has 1 saturated carbocycles. The van der Waals surface area contributed by atoms with E-state index in [1.807, 2.05) is 41.8 Å². The van der Waals surface area contributed by atoms with E-state index in [1.165, 1.54) is 11.8 Å². The number of aromatic nitrogens is 3. The van der Waals surface area contributed by atoms with Crippen LogP contribution in [0.15, 0.2) is 58.3 Å². The first kappa shape index (κ1) is 16.9. The molecule has 26 heavy (non-hydrogen) atoms. The van der Waals surface area contributed by atoms with Crippen molar-refractivity contribution in [2.45, 2.75) is 42.8 Å². The molecule has 0 spiro atoms. The van der Waals surface area contributed by atoms with Crippen molar-refractivity contribution in [1.29, 1.82) is 0 Å². The molecule has 1 aliphatic rings. The van der Waals surface area contributed by atoms with Gasteiger partial charge in [0.25, 0.3) is 0 Å². The Morgan fingerprint density at radius 1 is 1.27 bits per heavy atom. The molecule has 2 heterocycles. The van der Waals surface area contributed by atoms with Crippen LogP contribution in [0.3, 0.4) is 0 Å². The van der Waals surface area contributed by atoms with E-state index in [1.54, 1.807) is 6.26 Å². The molecule has 0 aliphatic heterocycles. The van der Waals surface area contributed by atoms with Crippen molar-refractivity contribution in [3.63, 3.8) is 0 Å². The highest BCUT2D eigenvalue weighted by molar-refractivity contribution is 8.00. The molecule has 1 amide bonds. The largest absolute Gasteiger partial charge is 0.461 e. The number of carbonyl (C=O) groups is 1. The maximum Gasteiger partial charge on any atom is 0.233 e. The number of carbonyl (C=O) groups excluding carboxylic acids is 1. The average molecular weight is 368 g/mol. The second kappa shape index (κ2) is 7.37. The van der Waals surface area contributed by atoms with Crippen LogP contribution in [-0.4, -0.2) is 32.0 Å². The van der Waals surface area contributed by atoms with Crippen LogP contribution in [-0.2, 0) is 11.3 Å². The van der Waals surface area contributed by atoms with E-state index < -0.39 is 0 Å². The molecule has 2 aromatic heterocycles. The van der Waals surface area contributed by atoms with Crippen LogP contribution in [0.2, 0.25) is 0 Å². The Balaban J connectivity index is 1.60. The predicted molar refractivity (Wildman–Crippen MR) is 99.8 cm³/mol. The minimum absolute atomic E-state index is 0.0475. The lowest BCUT2D eigenvalue weighted by Crippen LogP contribution is -2.32. The number of hydrogen-bond acceptors (Lipinski definition) is 5. The van der Waals surface area contributed by atoms with Gasteiger partial charge in [-0.3, -0.25) is 9.36 Å². The summed E-state index contributed by atoms with van der Waals surface area (Å²) < 4.78 is 7.51. The van der Waals surface area contributed by atoms with Crippen LogP contribution >= 0.6 is 11.8 Å². The summed E-state index contributed by atoms with van der Waals surface area (Å²) in [5.41, 5.74) is 1.14. The highest BCUT2D eigenvalue weighted by Crippen LogP contribution is 2.29. The van der Waals surface area contributed by atoms with E-state index in [2.05, 4.69) is 27.6 Å². The first-order valence-electron chi connectivity index (χ1n) is 8.69. The van der Waals surface area contributed by atoms with E-state index in [9.17, 15) is 4.79 Å². The zero-order valence-corrected chi connectivity index (χ0v) is 15.3. The molecule has 6 nitrogen and oxygen atoms in total. The smallest absolute Gasteiger partial charge is 0.233 e. The van der Waals surface area contributed by atoms with Gasteiger partial charge in [0.05, 0.1) is 18.1 Å². The van der Waals surface area contributed by atoms with E-state index >= 15 is 0 Å². The fourth-order valence-corrected chi connectivity index (χ4v) is 3.49. The molecular formula is C19H20N4O2S. The van der Waals surface area contributed by atoms with Gasteiger partial charge < -0.3 is 9.73 Å². The summed E-state index contributed by atoms with van der Waals surface area (Å²) in [4.78, 5) is 12.3. The lowest BCUT2D eigenvalue weighted by molar-refractivity contribution is -0.120. The van der Waals surface area contributed by atoms with Gasteiger partial charge in [-0.25, -0.2) is 0 Å². The highest BCUT2D eigenvalue weighted by Gasteiger charge is 2.27. The number of hydrogen-bond donors (Lipinski definition) is 1. The molecule has 1 unspecified atom stereocenters. The molecule has 134 valence electrons. The average Bonchev–Trinajstić information content (AvgIpc) is 3.15. The Morgan fingerprint density at radius 2 is 2.08 bits per heavy atom. The SMILES string of the molecule is CC(Sc1nnc(-c2ccco2)n1Cc1ccccc1)C(=O)NC1CC1. The first-order chi connectivity index (χ1) is 12.7. The van der Waals surface area contributed by atoms with E-state index in [0.29, 0.717) is 29.3 Å². The summed E-state index contributed by atoms with van der Waals surface area (Å²) in [6.07, 6.45) is 3.78. The zero-order valence-electron chi connectivity index (χ0n) is 14.5. The van der Waals surface area contributed by atoms with Crippen molar-refractivity contribution < 1.29 is 9.21 Å². The van der Waals surface area contributed by atoms with Gasteiger partial charge in [0.2, 0.25) is 11.7 Å². The standard InChI is InChI=1S/C19H20N4O2S/c1-13(18(24)20-15-9-10-15)26-19-22-21-17(16-8-5-11-25-16)23(19)12-14-6-3-2-4-7-14/h2-8,11,13,15H,9-10,12H2,1H3,(H,20,24). The number of thioether (sulfide) groups is 1. The van der Waals surface area contributed by atoms with Gasteiger partial charge >= 0.3 is 0 Å². The minimum Gasteiger partial charge on any atom is -0.461 e. The number of furan rings is 1. The fourth-order valence-electron chi connectivity index (χ4n) is 2.63. The molecule has 1 aromatic carbocycles. The molecule has 0 saturated heterocycles. The van der Waals surface area contributed by atoms with Crippen molar-refractivity contribution in [3.8, 4) is 11.6 Å². The Kier molecular flexibility index (Phi) is 4.79. The van der Waals surface area contributed by atoms with E-state index in [4.69, 9.17) is 4.42 Å². The number of rotatable bonds is 7. The Bertz CT molecular complexity index is 872. The number of nitrogens with zero attached hydrogens (tertiary/aromatic N) is 3. The number of benzene rings is 1. The van der Waals surface area contributed by atoms with Crippen molar-refractivity contribution in [3.05, 3.63) is 54.3 Å². The van der Waals surface area contributed by atoms with Crippen molar-refractivity contribution in [2.75, 3.05) is 0 Å². The number of amides is 1. The first-order valence-corrected chi connectivity index (χ1v) is 9.56. The quantitative estimate of drug-likeness (QED) is 0.648. The van der Waals surface area contributed by atoms with Gasteiger partial charge in [0.1, 0.15) is 0 Å². The molecule has 0 bridgehead atoms. The second-order valence-corrected chi connectivity index (χ2v) is 7.71. The van der Waals surface area contributed by atoms with Gasteiger partial charge in [-0.1, -0.05) is 42.1 Å². The lowest BCUT2D eigenvalue weighted by Gasteiger charge is -2.13. The summed E-state index contributed by atoms with van der Waals surface area (Å²) in [6, 6.07) is 14.2. The summed E-state index contributed by atoms with van der Waals surface area (Å²) in [5, 5.41) is 12.1. The maximum atomic E-state index is 12.3. The molecule has 7 heteroatoms. The van der Waals surface area contributed by atoms with Crippen LogP contribution in [0, 0.1) is 0 Å². The monoisotopic (exact) mass is 368 g/mol. The Labute approximate surface area is 156 Å². The lowest BCUT2D eigenvalue weighted by atomic mass is 10.2. The third-order valence-electron chi connectivity index (χ3n) is 4.22. The Morgan fingerprint density at radius 3 is 2.77 bits per heavy atom. The second-order valence-electron chi connectivity index (χ2n) is 6.40. The summed E-state index contributed by atoms with van der Waals surface area (Å²) >= 11 is 1.42. The van der Waals surface area contributed by atoms with Gasteiger partial charge in [0.15, 0.2) is 10.9 Å². The molecule has 3 aromatic rings. The summed E-state index contributed by atoms with van der Waals surface area (Å²) in [6.45, 7) is 2.51. The Hall–Kier alpha value is -2.54. The summed E-state index contributed by atoms with van der Waals surface area (Å²) in [7, 11) is 0. The summed E-state index contributed by atoms with van der Waals surface area (Å²) in [5.74, 6) is 1.37. The molecule has 4 rings (SSSR count). The zero-order chi connectivity index (χ0) is 17.9. The van der Waals surface area contributed by atoms with Gasteiger partial charge in [-0.05, 0) is 37.5 Å². The third-order valence-corrected chi connectivity index (χ3v) is 5.30. The van der Waals surface area contributed by atoms with Crippen LogP contribution in [0.25, 0.3) is 11.6 Å². The van der Waals surface area contributed by atoms with Crippen LogP contribution in [0.4, 0.5) is 0 Å². The van der Waals surface area contributed by atoms with Gasteiger partial charge in [-0.2, -0.15) is 0 Å². The van der Waals surface area contributed by atoms with Gasteiger partial charge in [-0.15, -0.1) is 10.2 Å². The highest BCUT2D eigenvalue weighted by atomic mass is 32.2. The minimum atomic E-state index is -0.237. The molecule has 1 fully saturated rings. The van der Waals surface area contributed by atoms with Crippen molar-refractivity contribution >= 4 is 17.7 Å². The third kappa shape index (κ3) is 3.83. The molecule has 1 atom stereocenters. The van der Waals surface area contributed by atoms with Crippen LogP contribution in [0.1, 0.15) is 25.3 Å². The topological polar surface area (TPSA) is 73.0 Å². The van der Waals surface area contributed by atoms with E-state index in [-0.39, 0.29) is 11.2 Å².